The van der Waals surface area contributed by atoms with Gasteiger partial charge in [-0.25, -0.2) is 8.42 Å². The highest BCUT2D eigenvalue weighted by Crippen LogP contribution is 2.47. The number of nitrogens with zero attached hydrogens (tertiary/aromatic N) is 2. The molecule has 5 rings (SSSR count). The van der Waals surface area contributed by atoms with E-state index in [4.69, 9.17) is 0 Å². The van der Waals surface area contributed by atoms with E-state index in [-0.39, 0.29) is 22.1 Å². The SMILES string of the molecule is C=C(C)C(=O)NCCCCNC(=O)c1ccc(C(=C\C=C2/N(C)c3ccc(S(=O)(=O)[O-])cc3C2(C)C)/C=C/C2=[N+](C)c3ccccc3C2(C)C)cc1. The van der Waals surface area contributed by atoms with E-state index in [2.05, 4.69) is 73.0 Å². The standard InChI is InChI=1S/C42H48N4O5S/c1-28(2)39(47)43-25-11-12-26-44-40(48)31-17-15-29(16-18-31)30(19-23-37-41(3,4)33-13-9-10-14-35(33)45(37)7)20-24-38-42(5,6)34-27-32(52(49,50)51)21-22-36(34)46(38)8/h9-10,13-24,27H,1,11-12,25-26H2,2-8H3,(H2-,43,44,47,48,49,50,51). The molecule has 2 heterocycles. The van der Waals surface area contributed by atoms with Crippen molar-refractivity contribution < 1.29 is 27.1 Å². The number of unbranched alkanes of at least 4 members (excludes halogenated alkanes) is 1. The van der Waals surface area contributed by atoms with E-state index in [1.165, 1.54) is 23.4 Å². The Kier molecular flexibility index (Phi) is 10.9. The minimum Gasteiger partial charge on any atom is -0.744 e. The van der Waals surface area contributed by atoms with E-state index < -0.39 is 15.5 Å². The summed E-state index contributed by atoms with van der Waals surface area (Å²) in [6.07, 6.45) is 9.78. The molecule has 52 heavy (non-hydrogen) atoms. The number of fused-ring (bicyclic) bond motifs is 2. The number of para-hydroxylation sites is 1. The molecular formula is C42H48N4O5S. The highest BCUT2D eigenvalue weighted by Gasteiger charge is 2.42. The lowest BCUT2D eigenvalue weighted by Gasteiger charge is -2.24. The van der Waals surface area contributed by atoms with Gasteiger partial charge in [0.05, 0.1) is 10.3 Å². The van der Waals surface area contributed by atoms with Crippen LogP contribution in [0.25, 0.3) is 5.57 Å². The number of hydrogen-bond donors (Lipinski definition) is 2. The van der Waals surface area contributed by atoms with Crippen LogP contribution < -0.4 is 15.5 Å². The Hall–Kier alpha value is -5.06. The quantitative estimate of drug-likeness (QED) is 0.0702. The zero-order valence-electron chi connectivity index (χ0n) is 31.0. The first-order chi connectivity index (χ1) is 24.4. The predicted molar refractivity (Wildman–Crippen MR) is 207 cm³/mol. The van der Waals surface area contributed by atoms with Crippen LogP contribution in [0.2, 0.25) is 0 Å². The van der Waals surface area contributed by atoms with E-state index in [9.17, 15) is 22.6 Å². The van der Waals surface area contributed by atoms with Crippen molar-refractivity contribution in [2.75, 3.05) is 32.1 Å². The number of benzene rings is 3. The lowest BCUT2D eigenvalue weighted by atomic mass is 9.81. The Morgan fingerprint density at radius 1 is 0.904 bits per heavy atom. The first kappa shape index (κ1) is 38.2. The molecule has 2 N–H and O–H groups in total. The molecule has 0 bridgehead atoms. The summed E-state index contributed by atoms with van der Waals surface area (Å²) in [5.41, 5.74) is 8.11. The highest BCUT2D eigenvalue weighted by molar-refractivity contribution is 7.85. The Morgan fingerprint density at radius 2 is 1.54 bits per heavy atom. The van der Waals surface area contributed by atoms with Crippen LogP contribution in [0.5, 0.6) is 0 Å². The second-order valence-electron chi connectivity index (χ2n) is 14.5. The first-order valence-corrected chi connectivity index (χ1v) is 18.8. The largest absolute Gasteiger partial charge is 0.744 e. The second kappa shape index (κ2) is 14.9. The molecular weight excluding hydrogens is 673 g/mol. The predicted octanol–water partition coefficient (Wildman–Crippen LogP) is 6.75. The molecule has 0 aromatic heterocycles. The molecule has 0 saturated heterocycles. The maximum atomic E-state index is 13.0. The van der Waals surface area contributed by atoms with Crippen molar-refractivity contribution in [3.8, 4) is 0 Å². The smallest absolute Gasteiger partial charge is 0.251 e. The molecule has 0 aliphatic carbocycles. The number of carbonyl (C=O) groups is 2. The van der Waals surface area contributed by atoms with Crippen LogP contribution in [-0.4, -0.2) is 62.3 Å². The van der Waals surface area contributed by atoms with Crippen molar-refractivity contribution in [1.29, 1.82) is 0 Å². The molecule has 0 spiro atoms. The molecule has 0 unspecified atom stereocenters. The first-order valence-electron chi connectivity index (χ1n) is 17.4. The van der Waals surface area contributed by atoms with Crippen molar-refractivity contribution in [1.82, 2.24) is 10.6 Å². The van der Waals surface area contributed by atoms with Crippen LogP contribution in [0, 0.1) is 0 Å². The van der Waals surface area contributed by atoms with Gasteiger partial charge in [0.1, 0.15) is 17.2 Å². The zero-order valence-corrected chi connectivity index (χ0v) is 31.9. The van der Waals surface area contributed by atoms with E-state index in [0.717, 1.165) is 46.6 Å². The summed E-state index contributed by atoms with van der Waals surface area (Å²) in [5, 5.41) is 5.76. The van der Waals surface area contributed by atoms with Crippen LogP contribution in [0.1, 0.15) is 74.5 Å². The molecule has 2 amide bonds. The van der Waals surface area contributed by atoms with Crippen LogP contribution in [-0.2, 0) is 25.7 Å². The number of anilines is 1. The zero-order chi connectivity index (χ0) is 38.0. The van der Waals surface area contributed by atoms with Crippen molar-refractivity contribution >= 4 is 44.6 Å². The van der Waals surface area contributed by atoms with Gasteiger partial charge in [0, 0.05) is 65.8 Å². The maximum absolute atomic E-state index is 13.0. The minimum absolute atomic E-state index is 0.164. The van der Waals surface area contributed by atoms with Gasteiger partial charge in [-0.1, -0.05) is 56.8 Å². The van der Waals surface area contributed by atoms with Gasteiger partial charge >= 0.3 is 0 Å². The monoisotopic (exact) mass is 720 g/mol. The molecule has 0 saturated carbocycles. The van der Waals surface area contributed by atoms with E-state index in [0.29, 0.717) is 24.2 Å². The Morgan fingerprint density at radius 3 is 2.17 bits per heavy atom. The number of hydrogen-bond acceptors (Lipinski definition) is 6. The maximum Gasteiger partial charge on any atom is 0.251 e. The van der Waals surface area contributed by atoms with Gasteiger partial charge in [0.2, 0.25) is 11.6 Å². The van der Waals surface area contributed by atoms with Crippen molar-refractivity contribution in [2.45, 2.75) is 63.2 Å². The second-order valence-corrected chi connectivity index (χ2v) is 15.9. The van der Waals surface area contributed by atoms with Crippen molar-refractivity contribution in [3.63, 3.8) is 0 Å². The fraction of sp³-hybridized carbons (Fsp3) is 0.310. The summed E-state index contributed by atoms with van der Waals surface area (Å²) in [5.74, 6) is -0.336. The summed E-state index contributed by atoms with van der Waals surface area (Å²) in [6.45, 7) is 14.8. The lowest BCUT2D eigenvalue weighted by Crippen LogP contribution is -2.27. The number of carbonyl (C=O) groups excluding carboxylic acids is 2. The number of likely N-dealkylation sites (N-methyl/N-ethyl adjacent to an activating group) is 1. The van der Waals surface area contributed by atoms with Gasteiger partial charge in [0.15, 0.2) is 5.71 Å². The molecule has 2 aliphatic heterocycles. The summed E-state index contributed by atoms with van der Waals surface area (Å²) in [4.78, 5) is 26.4. The van der Waals surface area contributed by atoms with Gasteiger partial charge in [-0.05, 0) is 92.8 Å². The minimum atomic E-state index is -4.61. The average Bonchev–Trinajstić information content (AvgIpc) is 3.42. The van der Waals surface area contributed by atoms with Crippen LogP contribution >= 0.6 is 0 Å². The molecule has 0 atom stereocenters. The molecule has 2 aliphatic rings. The normalized spacial score (nSPS) is 17.0. The van der Waals surface area contributed by atoms with Gasteiger partial charge in [-0.2, -0.15) is 4.58 Å². The Labute approximate surface area is 307 Å². The molecule has 3 aromatic rings. The molecule has 3 aromatic carbocycles. The number of nitrogens with one attached hydrogen (secondary N) is 2. The molecule has 0 radical (unpaired) electrons. The van der Waals surface area contributed by atoms with Crippen LogP contribution in [0.3, 0.4) is 0 Å². The average molecular weight is 721 g/mol. The van der Waals surface area contributed by atoms with Gasteiger partial charge in [0.25, 0.3) is 5.91 Å². The third kappa shape index (κ3) is 7.73. The number of amides is 2. The summed E-state index contributed by atoms with van der Waals surface area (Å²) < 4.78 is 37.8. The van der Waals surface area contributed by atoms with Gasteiger partial charge in [-0.15, -0.1) is 0 Å². The fourth-order valence-corrected chi connectivity index (χ4v) is 7.58. The third-order valence-corrected chi connectivity index (χ3v) is 10.9. The lowest BCUT2D eigenvalue weighted by molar-refractivity contribution is -0.401. The van der Waals surface area contributed by atoms with Crippen LogP contribution in [0.15, 0.2) is 114 Å². The number of allylic oxidation sites excluding steroid dienone is 6. The summed E-state index contributed by atoms with van der Waals surface area (Å²) in [7, 11) is -0.595. The third-order valence-electron chi connectivity index (χ3n) is 10.1. The fourth-order valence-electron chi connectivity index (χ4n) is 7.08. The number of rotatable bonds is 12. The highest BCUT2D eigenvalue weighted by atomic mass is 32.2. The van der Waals surface area contributed by atoms with Crippen LogP contribution in [0.4, 0.5) is 11.4 Å². The van der Waals surface area contributed by atoms with Gasteiger partial charge < -0.3 is 20.1 Å². The molecule has 0 fully saturated rings. The summed E-state index contributed by atoms with van der Waals surface area (Å²) >= 11 is 0. The van der Waals surface area contributed by atoms with Gasteiger partial charge in [-0.3, -0.25) is 9.59 Å². The van der Waals surface area contributed by atoms with E-state index >= 15 is 0 Å². The Balaban J connectivity index is 1.43. The summed E-state index contributed by atoms with van der Waals surface area (Å²) in [6, 6.07) is 20.4. The van der Waals surface area contributed by atoms with Crippen molar-refractivity contribution in [3.05, 3.63) is 131 Å². The van der Waals surface area contributed by atoms with E-state index in [1.807, 2.05) is 68.3 Å². The molecule has 10 heteroatoms. The Bertz CT molecular complexity index is 2160. The molecule has 9 nitrogen and oxygen atoms in total. The molecule has 272 valence electrons. The van der Waals surface area contributed by atoms with E-state index in [1.54, 1.807) is 13.0 Å². The topological polar surface area (TPSA) is 122 Å². The van der Waals surface area contributed by atoms with Crippen molar-refractivity contribution in [2.24, 2.45) is 0 Å².